The number of hydrogen-bond acceptors (Lipinski definition) is 4. The number of carbonyl (C=O) groups is 1. The average molecular weight is 384 g/mol. The van der Waals surface area contributed by atoms with Crippen LogP contribution in [0, 0.1) is 6.92 Å². The highest BCUT2D eigenvalue weighted by Crippen LogP contribution is 2.27. The molecule has 1 N–H and O–H groups in total. The Kier molecular flexibility index (Phi) is 6.40. The second-order valence-electron chi connectivity index (χ2n) is 6.71. The second kappa shape index (κ2) is 8.95. The van der Waals surface area contributed by atoms with E-state index in [1.807, 2.05) is 37.3 Å². The fourth-order valence-corrected chi connectivity index (χ4v) is 4.16. The fourth-order valence-electron chi connectivity index (χ4n) is 3.13. The first kappa shape index (κ1) is 19.3. The molecule has 0 bridgehead atoms. The molecule has 6 heteroatoms. The third kappa shape index (κ3) is 4.45. The second-order valence-corrected chi connectivity index (χ2v) is 7.71. The van der Waals surface area contributed by atoms with Crippen molar-refractivity contribution in [3.05, 3.63) is 57.5 Å². The zero-order valence-electron chi connectivity index (χ0n) is 15.8. The van der Waals surface area contributed by atoms with Gasteiger partial charge in [0.1, 0.15) is 4.83 Å². The first-order chi connectivity index (χ1) is 13.1. The maximum Gasteiger partial charge on any atom is 0.266 e. The van der Waals surface area contributed by atoms with Gasteiger partial charge in [0.15, 0.2) is 0 Å². The molecule has 142 valence electrons. The van der Waals surface area contributed by atoms with Crippen molar-refractivity contribution in [2.75, 3.05) is 5.32 Å². The number of carbonyl (C=O) groups excluding carboxylic acids is 1. The molecule has 0 aliphatic carbocycles. The lowest BCUT2D eigenvalue weighted by atomic mass is 10.1. The number of benzene rings is 1. The molecule has 2 heterocycles. The number of hydrogen-bond donors (Lipinski definition) is 1. The normalized spacial score (nSPS) is 11.0. The quantitative estimate of drug-likeness (QED) is 0.557. The van der Waals surface area contributed by atoms with Crippen LogP contribution in [-0.4, -0.2) is 15.5 Å². The Morgan fingerprint density at radius 2 is 1.89 bits per heavy atom. The molecule has 0 unspecified atom stereocenters. The molecule has 0 saturated heterocycles. The number of aryl methyl sites for hydroxylation is 2. The molecule has 0 aliphatic heterocycles. The average Bonchev–Trinajstić information content (AvgIpc) is 3.01. The molecular weight excluding hydrogens is 358 g/mol. The van der Waals surface area contributed by atoms with Crippen LogP contribution in [0.15, 0.2) is 41.5 Å². The summed E-state index contributed by atoms with van der Waals surface area (Å²) in [6.07, 6.45) is 7.33. The Labute approximate surface area is 163 Å². The Bertz CT molecular complexity index is 976. The molecule has 5 nitrogen and oxygen atoms in total. The molecule has 3 aromatic rings. The maximum absolute atomic E-state index is 12.9. The lowest BCUT2D eigenvalue weighted by molar-refractivity contribution is 0.103. The Hall–Kier alpha value is -2.47. The number of nitrogens with one attached hydrogen (secondary N) is 1. The predicted molar refractivity (Wildman–Crippen MR) is 112 cm³/mol. The van der Waals surface area contributed by atoms with Gasteiger partial charge < -0.3 is 5.32 Å². The van der Waals surface area contributed by atoms with Gasteiger partial charge in [0.05, 0.1) is 16.6 Å². The summed E-state index contributed by atoms with van der Waals surface area (Å²) in [7, 11) is 0. The van der Waals surface area contributed by atoms with E-state index in [9.17, 15) is 9.59 Å². The van der Waals surface area contributed by atoms with Gasteiger partial charge in [-0.1, -0.05) is 50.8 Å². The van der Waals surface area contributed by atoms with Gasteiger partial charge in [-0.15, -0.1) is 11.3 Å². The first-order valence-electron chi connectivity index (χ1n) is 9.46. The maximum atomic E-state index is 12.9. The smallest absolute Gasteiger partial charge is 0.266 e. The highest BCUT2D eigenvalue weighted by Gasteiger charge is 2.19. The predicted octanol–water partition coefficient (Wildman–Crippen LogP) is 4.99. The van der Waals surface area contributed by atoms with E-state index in [1.165, 1.54) is 30.6 Å². The highest BCUT2D eigenvalue weighted by molar-refractivity contribution is 7.20. The van der Waals surface area contributed by atoms with Crippen molar-refractivity contribution in [3.8, 4) is 0 Å². The summed E-state index contributed by atoms with van der Waals surface area (Å²) in [5, 5.41) is 3.45. The number of nitrogens with zero attached hydrogens (tertiary/aromatic N) is 2. The molecule has 0 atom stereocenters. The summed E-state index contributed by atoms with van der Waals surface area (Å²) in [5.41, 5.74) is 1.39. The van der Waals surface area contributed by atoms with Gasteiger partial charge in [-0.25, -0.2) is 4.98 Å². The van der Waals surface area contributed by atoms with Gasteiger partial charge in [-0.2, -0.15) is 0 Å². The van der Waals surface area contributed by atoms with Crippen molar-refractivity contribution in [3.63, 3.8) is 0 Å². The summed E-state index contributed by atoms with van der Waals surface area (Å²) < 4.78 is 1.67. The largest absolute Gasteiger partial charge is 0.321 e. The summed E-state index contributed by atoms with van der Waals surface area (Å²) in [5.74, 6) is -0.202. The van der Waals surface area contributed by atoms with Gasteiger partial charge >= 0.3 is 0 Å². The van der Waals surface area contributed by atoms with E-state index in [0.29, 0.717) is 27.2 Å². The minimum atomic E-state index is -0.202. The number of unbranched alkanes of at least 4 members (excludes halogenated alkanes) is 4. The van der Waals surface area contributed by atoms with Crippen molar-refractivity contribution < 1.29 is 4.79 Å². The van der Waals surface area contributed by atoms with Crippen LogP contribution in [0.3, 0.4) is 0 Å². The van der Waals surface area contributed by atoms with E-state index >= 15 is 0 Å². The van der Waals surface area contributed by atoms with Crippen LogP contribution in [0.4, 0.5) is 5.69 Å². The molecule has 0 fully saturated rings. The highest BCUT2D eigenvalue weighted by atomic mass is 32.1. The molecule has 0 saturated carbocycles. The Balaban J connectivity index is 1.81. The van der Waals surface area contributed by atoms with Crippen LogP contribution in [-0.2, 0) is 6.54 Å². The van der Waals surface area contributed by atoms with Crippen molar-refractivity contribution in [1.29, 1.82) is 0 Å². The van der Waals surface area contributed by atoms with E-state index in [1.54, 1.807) is 10.9 Å². The molecule has 0 radical (unpaired) electrons. The van der Waals surface area contributed by atoms with Crippen molar-refractivity contribution in [2.45, 2.75) is 52.5 Å². The minimum absolute atomic E-state index is 0.0528. The third-order valence-electron chi connectivity index (χ3n) is 4.66. The number of amides is 1. The summed E-state index contributed by atoms with van der Waals surface area (Å²) in [4.78, 5) is 31.1. The molecule has 0 spiro atoms. The summed E-state index contributed by atoms with van der Waals surface area (Å²) >= 11 is 1.27. The van der Waals surface area contributed by atoms with E-state index in [2.05, 4.69) is 17.2 Å². The van der Waals surface area contributed by atoms with Crippen LogP contribution in [0.5, 0.6) is 0 Å². The molecule has 0 aliphatic rings. The molecular formula is C21H25N3O2S. The van der Waals surface area contributed by atoms with E-state index in [-0.39, 0.29) is 11.5 Å². The lowest BCUT2D eigenvalue weighted by Crippen LogP contribution is -2.20. The zero-order valence-corrected chi connectivity index (χ0v) is 16.6. The third-order valence-corrected chi connectivity index (χ3v) is 5.86. The van der Waals surface area contributed by atoms with Crippen molar-refractivity contribution in [1.82, 2.24) is 9.55 Å². The van der Waals surface area contributed by atoms with Crippen LogP contribution in [0.2, 0.25) is 0 Å². The van der Waals surface area contributed by atoms with E-state index in [0.717, 1.165) is 18.5 Å². The van der Waals surface area contributed by atoms with Crippen molar-refractivity contribution in [2.24, 2.45) is 0 Å². The summed E-state index contributed by atoms with van der Waals surface area (Å²) in [6.45, 7) is 4.69. The Morgan fingerprint density at radius 1 is 1.15 bits per heavy atom. The van der Waals surface area contributed by atoms with Gasteiger partial charge in [0.25, 0.3) is 11.5 Å². The zero-order chi connectivity index (χ0) is 19.2. The van der Waals surface area contributed by atoms with Crippen LogP contribution in [0.25, 0.3) is 10.2 Å². The minimum Gasteiger partial charge on any atom is -0.321 e. The number of anilines is 1. The number of fused-ring (bicyclic) bond motifs is 1. The molecule has 3 rings (SSSR count). The fraction of sp³-hybridized carbons (Fsp3) is 0.381. The number of para-hydroxylation sites is 1. The monoisotopic (exact) mass is 383 g/mol. The SMILES string of the molecule is CCCCCCCn1cnc2sc(C(=O)Nc3ccccc3)c(C)c2c1=O. The number of rotatable bonds is 8. The number of aromatic nitrogens is 2. The van der Waals surface area contributed by atoms with Gasteiger partial charge in [0.2, 0.25) is 0 Å². The lowest BCUT2D eigenvalue weighted by Gasteiger charge is -2.05. The van der Waals surface area contributed by atoms with Gasteiger partial charge in [0, 0.05) is 12.2 Å². The molecule has 1 aromatic carbocycles. The van der Waals surface area contributed by atoms with Gasteiger partial charge in [-0.05, 0) is 31.0 Å². The van der Waals surface area contributed by atoms with Gasteiger partial charge in [-0.3, -0.25) is 14.2 Å². The molecule has 1 amide bonds. The van der Waals surface area contributed by atoms with Crippen LogP contribution in [0.1, 0.15) is 54.3 Å². The molecule has 2 aromatic heterocycles. The summed E-state index contributed by atoms with van der Waals surface area (Å²) in [6, 6.07) is 9.31. The van der Waals surface area contributed by atoms with Crippen molar-refractivity contribution >= 4 is 33.1 Å². The van der Waals surface area contributed by atoms with Crippen LogP contribution < -0.4 is 10.9 Å². The Morgan fingerprint density at radius 3 is 2.63 bits per heavy atom. The topological polar surface area (TPSA) is 64.0 Å². The number of thiophene rings is 1. The van der Waals surface area contributed by atoms with Crippen LogP contribution >= 0.6 is 11.3 Å². The first-order valence-corrected chi connectivity index (χ1v) is 10.3. The standard InChI is InChI=1S/C21H25N3O2S/c1-3-4-5-6-10-13-24-14-22-20-17(21(24)26)15(2)18(27-20)19(25)23-16-11-8-7-9-12-16/h7-9,11-12,14H,3-6,10,13H2,1-2H3,(H,23,25). The van der Waals surface area contributed by atoms with E-state index in [4.69, 9.17) is 0 Å². The molecule has 27 heavy (non-hydrogen) atoms. The van der Waals surface area contributed by atoms with E-state index < -0.39 is 0 Å².